The minimum atomic E-state index is -0.983. The summed E-state index contributed by atoms with van der Waals surface area (Å²) in [6, 6.07) is 16.4. The van der Waals surface area contributed by atoms with Crippen molar-refractivity contribution in [2.75, 3.05) is 10.4 Å². The van der Waals surface area contributed by atoms with Crippen LogP contribution in [0.2, 0.25) is 0 Å². The fraction of sp³-hybridized carbons (Fsp3) is 0.143. The fourth-order valence-electron chi connectivity index (χ4n) is 3.28. The van der Waals surface area contributed by atoms with Crippen LogP contribution in [0.3, 0.4) is 0 Å². The van der Waals surface area contributed by atoms with Crippen molar-refractivity contribution < 1.29 is 9.90 Å². The van der Waals surface area contributed by atoms with Gasteiger partial charge in [0.2, 0.25) is 0 Å². The highest BCUT2D eigenvalue weighted by atomic mass is 16.4. The number of hydrogen-bond acceptors (Lipinski definition) is 6. The summed E-state index contributed by atoms with van der Waals surface area (Å²) >= 11 is 0. The number of anilines is 3. The average molecular weight is 386 g/mol. The first kappa shape index (κ1) is 17.2. The summed E-state index contributed by atoms with van der Waals surface area (Å²) in [6.45, 7) is 0. The summed E-state index contributed by atoms with van der Waals surface area (Å²) in [5, 5.41) is 19.5. The molecule has 4 aromatic rings. The number of aromatic carboxylic acids is 1. The predicted molar refractivity (Wildman–Crippen MR) is 109 cm³/mol. The maximum atomic E-state index is 11.4. The van der Waals surface area contributed by atoms with Gasteiger partial charge in [-0.3, -0.25) is 10.5 Å². The molecule has 3 N–H and O–H groups in total. The molecule has 0 aliphatic heterocycles. The molecule has 0 radical (unpaired) electrons. The number of benzene rings is 2. The number of rotatable bonds is 6. The molecule has 1 aliphatic carbocycles. The van der Waals surface area contributed by atoms with Crippen LogP contribution in [0.1, 0.15) is 34.8 Å². The standard InChI is InChI=1S/C21H18N6O2/c28-21(29)14-4-3-5-15(10-14)26-27(19-11-18(24-25-19)13-8-9-13)20-16-6-1-2-7-17(16)22-12-23-20/h1-7,10-13,26H,8-9H2,(H,24,25)(H,28,29). The van der Waals surface area contributed by atoms with Crippen molar-refractivity contribution in [2.24, 2.45) is 0 Å². The highest BCUT2D eigenvalue weighted by molar-refractivity contribution is 5.92. The Morgan fingerprint density at radius 1 is 1.10 bits per heavy atom. The number of hydrazine groups is 1. The largest absolute Gasteiger partial charge is 0.478 e. The Bertz CT molecular complexity index is 1200. The van der Waals surface area contributed by atoms with Gasteiger partial charge in [-0.05, 0) is 43.2 Å². The van der Waals surface area contributed by atoms with Gasteiger partial charge in [-0.25, -0.2) is 19.8 Å². The van der Waals surface area contributed by atoms with Crippen molar-refractivity contribution in [2.45, 2.75) is 18.8 Å². The lowest BCUT2D eigenvalue weighted by atomic mass is 10.2. The van der Waals surface area contributed by atoms with E-state index in [4.69, 9.17) is 0 Å². The molecule has 5 rings (SSSR count). The maximum absolute atomic E-state index is 11.4. The normalized spacial score (nSPS) is 13.4. The van der Waals surface area contributed by atoms with Gasteiger partial charge in [-0.1, -0.05) is 18.2 Å². The van der Waals surface area contributed by atoms with Gasteiger partial charge in [0.1, 0.15) is 6.33 Å². The van der Waals surface area contributed by atoms with Crippen LogP contribution in [0.5, 0.6) is 0 Å². The number of fused-ring (bicyclic) bond motifs is 1. The monoisotopic (exact) mass is 386 g/mol. The van der Waals surface area contributed by atoms with Crippen molar-refractivity contribution in [1.82, 2.24) is 20.2 Å². The molecule has 0 spiro atoms. The SMILES string of the molecule is O=C(O)c1cccc(NN(c2cc(C3CC3)[nH]n2)c2ncnc3ccccc23)c1. The van der Waals surface area contributed by atoms with Crippen LogP contribution in [-0.2, 0) is 0 Å². The van der Waals surface area contributed by atoms with E-state index >= 15 is 0 Å². The van der Waals surface area contributed by atoms with Crippen LogP contribution in [0.4, 0.5) is 17.3 Å². The zero-order valence-electron chi connectivity index (χ0n) is 15.4. The summed E-state index contributed by atoms with van der Waals surface area (Å²) in [5.74, 6) is 0.820. The second-order valence-electron chi connectivity index (χ2n) is 7.00. The van der Waals surface area contributed by atoms with Crippen molar-refractivity contribution >= 4 is 34.2 Å². The summed E-state index contributed by atoms with van der Waals surface area (Å²) in [7, 11) is 0. The quantitative estimate of drug-likeness (QED) is 0.428. The van der Waals surface area contributed by atoms with Crippen LogP contribution in [0.25, 0.3) is 10.9 Å². The number of aromatic nitrogens is 4. The van der Waals surface area contributed by atoms with Gasteiger partial charge in [0, 0.05) is 23.1 Å². The number of H-pyrrole nitrogens is 1. The third kappa shape index (κ3) is 3.36. The van der Waals surface area contributed by atoms with Gasteiger partial charge in [-0.2, -0.15) is 5.10 Å². The minimum absolute atomic E-state index is 0.197. The lowest BCUT2D eigenvalue weighted by Crippen LogP contribution is -2.26. The first-order valence-electron chi connectivity index (χ1n) is 9.34. The van der Waals surface area contributed by atoms with Gasteiger partial charge < -0.3 is 5.11 Å². The molecule has 0 saturated heterocycles. The van der Waals surface area contributed by atoms with Crippen LogP contribution in [0.15, 0.2) is 60.9 Å². The highest BCUT2D eigenvalue weighted by Gasteiger charge is 2.27. The second kappa shape index (κ2) is 6.90. The molecule has 0 atom stereocenters. The molecule has 2 aromatic carbocycles. The first-order valence-corrected chi connectivity index (χ1v) is 9.34. The molecule has 1 fully saturated rings. The number of para-hydroxylation sites is 1. The summed E-state index contributed by atoms with van der Waals surface area (Å²) < 4.78 is 0. The lowest BCUT2D eigenvalue weighted by molar-refractivity contribution is 0.0697. The Hall–Kier alpha value is -3.94. The molecule has 2 heterocycles. The van der Waals surface area contributed by atoms with E-state index in [1.165, 1.54) is 6.33 Å². The number of nitrogens with one attached hydrogen (secondary N) is 2. The predicted octanol–water partition coefficient (Wildman–Crippen LogP) is 4.09. The third-order valence-corrected chi connectivity index (χ3v) is 4.91. The van der Waals surface area contributed by atoms with E-state index in [0.29, 0.717) is 23.2 Å². The zero-order chi connectivity index (χ0) is 19.8. The number of hydrogen-bond donors (Lipinski definition) is 3. The molecule has 1 aliphatic rings. The van der Waals surface area contributed by atoms with E-state index in [1.54, 1.807) is 29.3 Å². The van der Waals surface area contributed by atoms with Crippen molar-refractivity contribution in [3.63, 3.8) is 0 Å². The topological polar surface area (TPSA) is 107 Å². The number of carboxylic acids is 1. The Morgan fingerprint density at radius 2 is 1.97 bits per heavy atom. The maximum Gasteiger partial charge on any atom is 0.335 e. The summed E-state index contributed by atoms with van der Waals surface area (Å²) in [5.41, 5.74) is 5.98. The molecule has 0 amide bonds. The van der Waals surface area contributed by atoms with Gasteiger partial charge >= 0.3 is 5.97 Å². The Kier molecular flexibility index (Phi) is 4.09. The zero-order valence-corrected chi connectivity index (χ0v) is 15.4. The molecule has 8 nitrogen and oxygen atoms in total. The molecular formula is C21H18N6O2. The molecule has 2 aromatic heterocycles. The Morgan fingerprint density at radius 3 is 2.79 bits per heavy atom. The highest BCUT2D eigenvalue weighted by Crippen LogP contribution is 2.40. The van der Waals surface area contributed by atoms with Gasteiger partial charge in [-0.15, -0.1) is 0 Å². The molecule has 1 saturated carbocycles. The van der Waals surface area contributed by atoms with E-state index < -0.39 is 5.97 Å². The van der Waals surface area contributed by atoms with Crippen molar-refractivity contribution in [3.05, 3.63) is 72.2 Å². The summed E-state index contributed by atoms with van der Waals surface area (Å²) in [4.78, 5) is 20.2. The number of nitrogens with zero attached hydrogens (tertiary/aromatic N) is 4. The molecule has 29 heavy (non-hydrogen) atoms. The lowest BCUT2D eigenvalue weighted by Gasteiger charge is -2.24. The average Bonchev–Trinajstić information content (AvgIpc) is 3.49. The molecule has 0 bridgehead atoms. The Balaban J connectivity index is 1.60. The van der Waals surface area contributed by atoms with Gasteiger partial charge in [0.15, 0.2) is 11.6 Å². The first-order chi connectivity index (χ1) is 14.2. The number of carbonyl (C=O) groups is 1. The number of carboxylic acid groups (broad SMARTS) is 1. The van der Waals surface area contributed by atoms with Crippen LogP contribution in [0, 0.1) is 0 Å². The third-order valence-electron chi connectivity index (χ3n) is 4.91. The van der Waals surface area contributed by atoms with Crippen molar-refractivity contribution in [1.29, 1.82) is 0 Å². The second-order valence-corrected chi connectivity index (χ2v) is 7.00. The van der Waals surface area contributed by atoms with Crippen molar-refractivity contribution in [3.8, 4) is 0 Å². The smallest absolute Gasteiger partial charge is 0.335 e. The van der Waals surface area contributed by atoms with E-state index in [-0.39, 0.29) is 5.56 Å². The fourth-order valence-corrected chi connectivity index (χ4v) is 3.28. The Labute approximate surface area is 166 Å². The van der Waals surface area contributed by atoms with Crippen LogP contribution < -0.4 is 10.4 Å². The molecule has 0 unspecified atom stereocenters. The number of aromatic amines is 1. The summed E-state index contributed by atoms with van der Waals surface area (Å²) in [6.07, 6.45) is 3.83. The minimum Gasteiger partial charge on any atom is -0.478 e. The van der Waals surface area contributed by atoms with Gasteiger partial charge in [0.05, 0.1) is 16.8 Å². The van der Waals surface area contributed by atoms with Crippen LogP contribution in [-0.4, -0.2) is 31.2 Å². The molecular weight excluding hydrogens is 368 g/mol. The van der Waals surface area contributed by atoms with E-state index in [9.17, 15) is 9.90 Å². The van der Waals surface area contributed by atoms with E-state index in [2.05, 4.69) is 25.6 Å². The van der Waals surface area contributed by atoms with E-state index in [1.807, 2.05) is 30.3 Å². The molecule has 144 valence electrons. The molecule has 8 heteroatoms. The van der Waals surface area contributed by atoms with E-state index in [0.717, 1.165) is 29.4 Å². The van der Waals surface area contributed by atoms with Gasteiger partial charge in [0.25, 0.3) is 0 Å². The van der Waals surface area contributed by atoms with Crippen LogP contribution >= 0.6 is 0 Å².